The third kappa shape index (κ3) is 1.37. The van der Waals surface area contributed by atoms with E-state index in [-0.39, 0.29) is 6.42 Å². The molecule has 0 bridgehead atoms. The molecule has 1 saturated carbocycles. The van der Waals surface area contributed by atoms with Crippen molar-refractivity contribution in [3.63, 3.8) is 0 Å². The van der Waals surface area contributed by atoms with Gasteiger partial charge in [0.1, 0.15) is 6.29 Å². The van der Waals surface area contributed by atoms with E-state index in [0.717, 1.165) is 19.1 Å². The molecule has 0 saturated heterocycles. The van der Waals surface area contributed by atoms with Crippen molar-refractivity contribution in [3.8, 4) is 0 Å². The Kier molecular flexibility index (Phi) is 2.09. The summed E-state index contributed by atoms with van der Waals surface area (Å²) < 4.78 is 0. The van der Waals surface area contributed by atoms with Crippen LogP contribution in [-0.2, 0) is 4.79 Å². The summed E-state index contributed by atoms with van der Waals surface area (Å²) in [6.45, 7) is 1.76. The van der Waals surface area contributed by atoms with E-state index in [9.17, 15) is 9.90 Å². The lowest BCUT2D eigenvalue weighted by atomic mass is 9.72. The molecule has 1 atom stereocenters. The van der Waals surface area contributed by atoms with E-state index < -0.39 is 5.60 Å². The van der Waals surface area contributed by atoms with Crippen LogP contribution in [0.3, 0.4) is 0 Å². The van der Waals surface area contributed by atoms with E-state index in [0.29, 0.717) is 5.92 Å². The smallest absolute Gasteiger partial charge is 0.122 e. The number of aldehydes is 1. The first-order chi connectivity index (χ1) is 4.67. The van der Waals surface area contributed by atoms with Crippen LogP contribution in [0.1, 0.15) is 32.6 Å². The fraction of sp³-hybridized carbons (Fsp3) is 0.875. The molecule has 0 heterocycles. The van der Waals surface area contributed by atoms with E-state index in [2.05, 4.69) is 0 Å². The van der Waals surface area contributed by atoms with Crippen molar-refractivity contribution in [2.75, 3.05) is 0 Å². The summed E-state index contributed by atoms with van der Waals surface area (Å²) in [4.78, 5) is 10.1. The summed E-state index contributed by atoms with van der Waals surface area (Å²) >= 11 is 0. The number of carbonyl (C=O) groups is 1. The maximum Gasteiger partial charge on any atom is 0.122 e. The third-order valence-corrected chi connectivity index (χ3v) is 2.48. The van der Waals surface area contributed by atoms with Crippen LogP contribution in [0.2, 0.25) is 0 Å². The first-order valence-electron chi connectivity index (χ1n) is 3.83. The van der Waals surface area contributed by atoms with Crippen LogP contribution in [0.15, 0.2) is 0 Å². The quantitative estimate of drug-likeness (QED) is 0.600. The Hall–Kier alpha value is -0.370. The topological polar surface area (TPSA) is 37.3 Å². The molecule has 0 spiro atoms. The standard InChI is InChI=1S/C8H14O2/c1-8(10,5-6-9)7-3-2-4-7/h6-7,10H,2-5H2,1H3. The molecule has 2 heteroatoms. The highest BCUT2D eigenvalue weighted by Crippen LogP contribution is 2.37. The van der Waals surface area contributed by atoms with Crippen LogP contribution in [-0.4, -0.2) is 17.0 Å². The predicted molar refractivity (Wildman–Crippen MR) is 38.6 cm³/mol. The van der Waals surface area contributed by atoms with Gasteiger partial charge < -0.3 is 9.90 Å². The Bertz CT molecular complexity index is 125. The first kappa shape index (κ1) is 7.73. The summed E-state index contributed by atoms with van der Waals surface area (Å²) in [5, 5.41) is 9.60. The van der Waals surface area contributed by atoms with E-state index in [1.807, 2.05) is 0 Å². The lowest BCUT2D eigenvalue weighted by Gasteiger charge is -2.37. The Morgan fingerprint density at radius 2 is 2.30 bits per heavy atom. The maximum atomic E-state index is 10.1. The second kappa shape index (κ2) is 2.70. The Balaban J connectivity index is 2.39. The van der Waals surface area contributed by atoms with Crippen LogP contribution < -0.4 is 0 Å². The lowest BCUT2D eigenvalue weighted by Crippen LogP contribution is -2.38. The average molecular weight is 142 g/mol. The molecule has 1 unspecified atom stereocenters. The van der Waals surface area contributed by atoms with Gasteiger partial charge in [-0.05, 0) is 25.7 Å². The minimum Gasteiger partial charge on any atom is -0.389 e. The second-order valence-corrected chi connectivity index (χ2v) is 3.36. The normalized spacial score (nSPS) is 25.0. The third-order valence-electron chi connectivity index (χ3n) is 2.48. The number of hydrogen-bond acceptors (Lipinski definition) is 2. The van der Waals surface area contributed by atoms with Crippen LogP contribution in [0.4, 0.5) is 0 Å². The van der Waals surface area contributed by atoms with Gasteiger partial charge in [0.05, 0.1) is 5.60 Å². The van der Waals surface area contributed by atoms with Crippen molar-refractivity contribution in [2.45, 2.75) is 38.2 Å². The average Bonchev–Trinajstić information content (AvgIpc) is 1.56. The van der Waals surface area contributed by atoms with Crippen LogP contribution in [0.5, 0.6) is 0 Å². The van der Waals surface area contributed by atoms with Gasteiger partial charge in [-0.2, -0.15) is 0 Å². The molecule has 58 valence electrons. The molecular formula is C8H14O2. The molecule has 10 heavy (non-hydrogen) atoms. The molecule has 0 aromatic carbocycles. The molecule has 1 aliphatic rings. The number of rotatable bonds is 3. The van der Waals surface area contributed by atoms with E-state index >= 15 is 0 Å². The molecule has 1 N–H and O–H groups in total. The largest absolute Gasteiger partial charge is 0.389 e. The van der Waals surface area contributed by atoms with Crippen LogP contribution in [0, 0.1) is 5.92 Å². The molecule has 0 radical (unpaired) electrons. The molecule has 2 nitrogen and oxygen atoms in total. The van der Waals surface area contributed by atoms with Crippen molar-refractivity contribution in [1.82, 2.24) is 0 Å². The molecule has 0 amide bonds. The Labute approximate surface area is 61.2 Å². The van der Waals surface area contributed by atoms with Gasteiger partial charge in [-0.1, -0.05) is 6.42 Å². The van der Waals surface area contributed by atoms with Crippen molar-refractivity contribution in [1.29, 1.82) is 0 Å². The molecule has 0 aromatic rings. The fourth-order valence-electron chi connectivity index (χ4n) is 1.37. The van der Waals surface area contributed by atoms with Crippen LogP contribution >= 0.6 is 0 Å². The highest BCUT2D eigenvalue weighted by molar-refractivity contribution is 5.51. The monoisotopic (exact) mass is 142 g/mol. The van der Waals surface area contributed by atoms with E-state index in [1.54, 1.807) is 6.92 Å². The van der Waals surface area contributed by atoms with Crippen molar-refractivity contribution in [3.05, 3.63) is 0 Å². The number of carbonyl (C=O) groups excluding carboxylic acids is 1. The Morgan fingerprint density at radius 3 is 2.60 bits per heavy atom. The Morgan fingerprint density at radius 1 is 1.70 bits per heavy atom. The van der Waals surface area contributed by atoms with Gasteiger partial charge in [0.2, 0.25) is 0 Å². The summed E-state index contributed by atoms with van der Waals surface area (Å²) in [5.41, 5.74) is -0.722. The SMILES string of the molecule is CC(O)(CC=O)C1CCC1. The summed E-state index contributed by atoms with van der Waals surface area (Å²) in [5.74, 6) is 0.373. The summed E-state index contributed by atoms with van der Waals surface area (Å²) in [7, 11) is 0. The van der Waals surface area contributed by atoms with Gasteiger partial charge in [0.15, 0.2) is 0 Å². The van der Waals surface area contributed by atoms with Gasteiger partial charge in [-0.25, -0.2) is 0 Å². The minimum absolute atomic E-state index is 0.289. The van der Waals surface area contributed by atoms with Crippen LogP contribution in [0.25, 0.3) is 0 Å². The summed E-state index contributed by atoms with van der Waals surface area (Å²) in [6.07, 6.45) is 4.47. The second-order valence-electron chi connectivity index (χ2n) is 3.36. The number of hydrogen-bond donors (Lipinski definition) is 1. The maximum absolute atomic E-state index is 10.1. The van der Waals surface area contributed by atoms with Gasteiger partial charge in [-0.3, -0.25) is 0 Å². The molecular weight excluding hydrogens is 128 g/mol. The van der Waals surface area contributed by atoms with Crippen molar-refractivity contribution < 1.29 is 9.90 Å². The van der Waals surface area contributed by atoms with E-state index in [1.165, 1.54) is 6.42 Å². The highest BCUT2D eigenvalue weighted by Gasteiger charge is 2.35. The van der Waals surface area contributed by atoms with Crippen molar-refractivity contribution >= 4 is 6.29 Å². The molecule has 0 aromatic heterocycles. The van der Waals surface area contributed by atoms with Gasteiger partial charge in [0, 0.05) is 6.42 Å². The van der Waals surface area contributed by atoms with Gasteiger partial charge in [-0.15, -0.1) is 0 Å². The van der Waals surface area contributed by atoms with Gasteiger partial charge >= 0.3 is 0 Å². The number of aliphatic hydroxyl groups is 1. The zero-order valence-electron chi connectivity index (χ0n) is 6.34. The summed E-state index contributed by atoms with van der Waals surface area (Å²) in [6, 6.07) is 0. The minimum atomic E-state index is -0.722. The fourth-order valence-corrected chi connectivity index (χ4v) is 1.37. The molecule has 1 fully saturated rings. The predicted octanol–water partition coefficient (Wildman–Crippen LogP) is 1.13. The molecule has 1 rings (SSSR count). The van der Waals surface area contributed by atoms with E-state index in [4.69, 9.17) is 0 Å². The lowest BCUT2D eigenvalue weighted by molar-refractivity contribution is -0.115. The highest BCUT2D eigenvalue weighted by atomic mass is 16.3. The zero-order valence-corrected chi connectivity index (χ0v) is 6.34. The molecule has 1 aliphatic carbocycles. The molecule has 0 aliphatic heterocycles. The first-order valence-corrected chi connectivity index (χ1v) is 3.83. The zero-order chi connectivity index (χ0) is 7.61. The van der Waals surface area contributed by atoms with Gasteiger partial charge in [0.25, 0.3) is 0 Å². The van der Waals surface area contributed by atoms with Crippen molar-refractivity contribution in [2.24, 2.45) is 5.92 Å².